The maximum Gasteiger partial charge on any atom is 0.203 e. The number of hydrogen-bond acceptors (Lipinski definition) is 2. The molecule has 3 aromatic rings. The summed E-state index contributed by atoms with van der Waals surface area (Å²) in [6.45, 7) is 8.82. The third-order valence-corrected chi connectivity index (χ3v) is 5.13. The molecule has 0 saturated heterocycles. The van der Waals surface area contributed by atoms with Crippen molar-refractivity contribution in [2.45, 2.75) is 40.5 Å². The zero-order valence-corrected chi connectivity index (χ0v) is 16.8. The van der Waals surface area contributed by atoms with Gasteiger partial charge in [0.25, 0.3) is 0 Å². The molecule has 0 aliphatic heterocycles. The second-order valence-electron chi connectivity index (χ2n) is 7.12. The van der Waals surface area contributed by atoms with Crippen molar-refractivity contribution in [2.75, 3.05) is 7.05 Å². The van der Waals surface area contributed by atoms with Crippen molar-refractivity contribution in [1.29, 1.82) is 0 Å². The Morgan fingerprint density at radius 1 is 1.04 bits per heavy atom. The number of aromatic nitrogens is 3. The largest absolute Gasteiger partial charge is 0.315 e. The van der Waals surface area contributed by atoms with Crippen LogP contribution in [0.25, 0.3) is 0 Å². The van der Waals surface area contributed by atoms with Crippen molar-refractivity contribution < 1.29 is 4.90 Å². The van der Waals surface area contributed by atoms with E-state index in [4.69, 9.17) is 12.2 Å². The van der Waals surface area contributed by atoms with Crippen molar-refractivity contribution in [2.24, 2.45) is 0 Å². The van der Waals surface area contributed by atoms with Gasteiger partial charge in [0.1, 0.15) is 12.4 Å². The third-order valence-electron chi connectivity index (χ3n) is 4.70. The Balaban J connectivity index is 1.73. The van der Waals surface area contributed by atoms with E-state index in [1.165, 1.54) is 27.2 Å². The quantitative estimate of drug-likeness (QED) is 0.678. The van der Waals surface area contributed by atoms with Gasteiger partial charge in [0, 0.05) is 5.56 Å². The van der Waals surface area contributed by atoms with Crippen molar-refractivity contribution in [3.05, 3.63) is 81.4 Å². The van der Waals surface area contributed by atoms with Gasteiger partial charge in [-0.1, -0.05) is 54.1 Å². The van der Waals surface area contributed by atoms with E-state index in [-0.39, 0.29) is 0 Å². The Kier molecular flexibility index (Phi) is 5.69. The molecule has 3 rings (SSSR count). The lowest BCUT2D eigenvalue weighted by Crippen LogP contribution is -3.07. The van der Waals surface area contributed by atoms with Crippen molar-refractivity contribution in [3.8, 4) is 0 Å². The smallest absolute Gasteiger partial charge is 0.203 e. The number of aryl methyl sites for hydroxylation is 3. The van der Waals surface area contributed by atoms with Crippen LogP contribution in [0, 0.1) is 25.5 Å². The second kappa shape index (κ2) is 7.98. The molecule has 136 valence electrons. The number of nitrogens with zero attached hydrogens (tertiary/aromatic N) is 3. The maximum absolute atomic E-state index is 5.69. The zero-order valence-electron chi connectivity index (χ0n) is 16.0. The molecular weight excluding hydrogens is 340 g/mol. The molecule has 4 nitrogen and oxygen atoms in total. The fraction of sp³-hybridized carbons (Fsp3) is 0.333. The van der Waals surface area contributed by atoms with E-state index >= 15 is 0 Å². The van der Waals surface area contributed by atoms with Crippen LogP contribution in [0.4, 0.5) is 0 Å². The van der Waals surface area contributed by atoms with Crippen LogP contribution in [-0.4, -0.2) is 21.4 Å². The predicted octanol–water partition coefficient (Wildman–Crippen LogP) is 3.06. The van der Waals surface area contributed by atoms with Crippen LogP contribution in [0.5, 0.6) is 0 Å². The van der Waals surface area contributed by atoms with Crippen molar-refractivity contribution >= 4 is 12.2 Å². The highest BCUT2D eigenvalue weighted by atomic mass is 32.1. The topological polar surface area (TPSA) is 27.2 Å². The van der Waals surface area contributed by atoms with Crippen molar-refractivity contribution in [3.63, 3.8) is 0 Å². The van der Waals surface area contributed by atoms with E-state index in [9.17, 15) is 0 Å². The third kappa shape index (κ3) is 4.29. The number of quaternary nitrogens is 1. The fourth-order valence-corrected chi connectivity index (χ4v) is 3.58. The lowest BCUT2D eigenvalue weighted by atomic mass is 10.1. The summed E-state index contributed by atoms with van der Waals surface area (Å²) >= 11 is 5.69. The van der Waals surface area contributed by atoms with Gasteiger partial charge in [-0.3, -0.25) is 4.57 Å². The van der Waals surface area contributed by atoms with Crippen LogP contribution in [-0.2, 0) is 19.8 Å². The molecule has 1 heterocycles. The minimum Gasteiger partial charge on any atom is -0.315 e. The molecule has 0 aliphatic carbocycles. The van der Waals surface area contributed by atoms with E-state index < -0.39 is 0 Å². The van der Waals surface area contributed by atoms with Crippen molar-refractivity contribution in [1.82, 2.24) is 14.3 Å². The molecular formula is C21H27N4S+. The normalized spacial score (nSPS) is 12.3. The van der Waals surface area contributed by atoms with E-state index in [2.05, 4.69) is 73.0 Å². The van der Waals surface area contributed by atoms with Gasteiger partial charge in [0.15, 0.2) is 6.67 Å². The Labute approximate surface area is 160 Å². The minimum atomic E-state index is 0.759. The fourth-order valence-electron chi connectivity index (χ4n) is 3.28. The summed E-state index contributed by atoms with van der Waals surface area (Å²) in [6, 6.07) is 17.0. The highest BCUT2D eigenvalue weighted by Gasteiger charge is 2.12. The van der Waals surface area contributed by atoms with E-state index in [0.717, 1.165) is 30.4 Å². The average Bonchev–Trinajstić information content (AvgIpc) is 2.86. The lowest BCUT2D eigenvalue weighted by Gasteiger charge is -2.15. The summed E-state index contributed by atoms with van der Waals surface area (Å²) in [5.74, 6) is 0.957. The van der Waals surface area contributed by atoms with E-state index in [0.29, 0.717) is 0 Å². The second-order valence-corrected chi connectivity index (χ2v) is 7.49. The molecule has 5 heteroatoms. The number of nitrogens with one attached hydrogen (secondary N) is 1. The Hall–Kier alpha value is -2.24. The summed E-state index contributed by atoms with van der Waals surface area (Å²) in [6.07, 6.45) is 0. The summed E-state index contributed by atoms with van der Waals surface area (Å²) in [4.78, 5) is 1.36. The summed E-state index contributed by atoms with van der Waals surface area (Å²) < 4.78 is 4.84. The molecule has 2 aromatic carbocycles. The molecule has 0 spiro atoms. The summed E-state index contributed by atoms with van der Waals surface area (Å²) in [7, 11) is 2.19. The molecule has 0 fully saturated rings. The van der Waals surface area contributed by atoms with Gasteiger partial charge in [0.05, 0.1) is 13.6 Å². The van der Waals surface area contributed by atoms with Crippen LogP contribution in [0.2, 0.25) is 0 Å². The molecule has 0 amide bonds. The summed E-state index contributed by atoms with van der Waals surface area (Å²) in [5, 5.41) is 4.68. The Bertz CT molecular complexity index is 940. The zero-order chi connectivity index (χ0) is 18.7. The SMILES string of the molecule is Cc1ccc(C[NH+](C)Cn2nc(C)n(Cc3ccccc3)c2=S)c(C)c1. The molecule has 1 atom stereocenters. The Morgan fingerprint density at radius 3 is 2.46 bits per heavy atom. The van der Waals surface area contributed by atoms with Gasteiger partial charge in [0.2, 0.25) is 4.77 Å². The highest BCUT2D eigenvalue weighted by Crippen LogP contribution is 2.09. The van der Waals surface area contributed by atoms with Gasteiger partial charge in [-0.2, -0.15) is 9.78 Å². The van der Waals surface area contributed by atoms with Gasteiger partial charge < -0.3 is 4.90 Å². The van der Waals surface area contributed by atoms with Gasteiger partial charge in [-0.05, 0) is 44.1 Å². The molecule has 1 N–H and O–H groups in total. The van der Waals surface area contributed by atoms with Crippen LogP contribution >= 0.6 is 12.2 Å². The first-order valence-corrected chi connectivity index (χ1v) is 9.40. The lowest BCUT2D eigenvalue weighted by molar-refractivity contribution is -0.917. The molecule has 0 saturated carbocycles. The van der Waals surface area contributed by atoms with Crippen LogP contribution in [0.1, 0.15) is 28.1 Å². The Morgan fingerprint density at radius 2 is 1.77 bits per heavy atom. The molecule has 1 aromatic heterocycles. The van der Waals surface area contributed by atoms with E-state index in [1.807, 2.05) is 17.7 Å². The number of rotatable bonds is 6. The van der Waals surface area contributed by atoms with Gasteiger partial charge in [-0.25, -0.2) is 0 Å². The highest BCUT2D eigenvalue weighted by molar-refractivity contribution is 7.71. The average molecular weight is 368 g/mol. The molecule has 0 aliphatic rings. The monoisotopic (exact) mass is 367 g/mol. The first-order chi connectivity index (χ1) is 12.4. The van der Waals surface area contributed by atoms with Crippen LogP contribution in [0.3, 0.4) is 0 Å². The van der Waals surface area contributed by atoms with Gasteiger partial charge in [-0.15, -0.1) is 0 Å². The number of benzene rings is 2. The standard InChI is InChI=1S/C21H26N4S/c1-16-10-11-20(17(2)12-16)14-23(4)15-25-21(26)24(18(3)22-25)13-19-8-6-5-7-9-19/h5-12H,13-15H2,1-4H3/p+1. The molecule has 26 heavy (non-hydrogen) atoms. The van der Waals surface area contributed by atoms with Crippen LogP contribution in [0.15, 0.2) is 48.5 Å². The van der Waals surface area contributed by atoms with Crippen LogP contribution < -0.4 is 4.90 Å². The number of hydrogen-bond donors (Lipinski definition) is 1. The van der Waals surface area contributed by atoms with E-state index in [1.54, 1.807) is 0 Å². The molecule has 1 unspecified atom stereocenters. The predicted molar refractivity (Wildman–Crippen MR) is 108 cm³/mol. The maximum atomic E-state index is 5.69. The molecule has 0 bridgehead atoms. The first-order valence-electron chi connectivity index (χ1n) is 8.99. The first kappa shape index (κ1) is 18.5. The summed E-state index contributed by atoms with van der Waals surface area (Å²) in [5.41, 5.74) is 5.27. The van der Waals surface area contributed by atoms with Gasteiger partial charge >= 0.3 is 0 Å². The minimum absolute atomic E-state index is 0.759. The molecule has 0 radical (unpaired) electrons.